The van der Waals surface area contributed by atoms with Crippen LogP contribution in [0.25, 0.3) is 0 Å². The van der Waals surface area contributed by atoms with Crippen LogP contribution >= 0.6 is 223 Å². The van der Waals surface area contributed by atoms with Gasteiger partial charge in [0, 0.05) is 10.0 Å². The number of rotatable bonds is 3. The summed E-state index contributed by atoms with van der Waals surface area (Å²) in [7, 11) is 0. The molecule has 0 spiro atoms. The Bertz CT molecular complexity index is 740. The van der Waals surface area contributed by atoms with E-state index in [2.05, 4.69) is 223 Å². The number of ether oxygens (including phenoxy) is 1. The predicted octanol–water partition coefficient (Wildman–Crippen LogP) is 11.9. The van der Waals surface area contributed by atoms with Gasteiger partial charge in [-0.2, -0.15) is 0 Å². The second-order valence-corrected chi connectivity index (χ2v) is 28.1. The third-order valence-corrected chi connectivity index (χ3v) is 29.5. The van der Waals surface area contributed by atoms with Crippen LogP contribution in [0.1, 0.15) is 5.56 Å². The summed E-state index contributed by atoms with van der Waals surface area (Å²) in [6, 6.07) is 7.73. The fourth-order valence-corrected chi connectivity index (χ4v) is 17.3. The molecule has 28 heavy (non-hydrogen) atoms. The zero-order chi connectivity index (χ0) is 22.2. The van der Waals surface area contributed by atoms with Gasteiger partial charge in [-0.15, -0.1) is 0 Å². The Labute approximate surface area is 280 Å². The maximum absolute atomic E-state index is 6.70. The molecule has 1 aliphatic carbocycles. The topological polar surface area (TPSA) is 9.23 Å². The van der Waals surface area contributed by atoms with Crippen molar-refractivity contribution in [1.82, 2.24) is 0 Å². The van der Waals surface area contributed by atoms with E-state index in [4.69, 9.17) is 4.74 Å². The Hall–Kier alpha value is 5.90. The average molecular weight is 1290 g/mol. The van der Waals surface area contributed by atoms with E-state index < -0.39 is 24.1 Å². The molecule has 0 radical (unpaired) electrons. The maximum atomic E-state index is 6.70. The summed E-state index contributed by atoms with van der Waals surface area (Å²) < 4.78 is 0.715. The molecule has 0 amide bonds. The minimum Gasteiger partial charge on any atom is -0.327 e. The van der Waals surface area contributed by atoms with Crippen LogP contribution in [0.5, 0.6) is 0 Å². The largest absolute Gasteiger partial charge is 0.327 e. The lowest BCUT2D eigenvalue weighted by atomic mass is 9.95. The molecule has 1 saturated carbocycles. The van der Waals surface area contributed by atoms with Crippen LogP contribution in [0.15, 0.2) is 28.7 Å². The Balaban J connectivity index is 2.74. The van der Waals surface area contributed by atoms with Gasteiger partial charge in [-0.25, -0.2) is 0 Å². The second-order valence-electron chi connectivity index (χ2n) is 5.57. The average Bonchev–Trinajstić information content (AvgIpc) is 2.52. The zero-order valence-corrected chi connectivity index (χ0v) is 34.7. The first-order valence-corrected chi connectivity index (χ1v) is 17.7. The van der Waals surface area contributed by atoms with E-state index in [1.807, 2.05) is 24.3 Å². The summed E-state index contributed by atoms with van der Waals surface area (Å²) in [5.74, 6) is 0. The van der Waals surface area contributed by atoms with Gasteiger partial charge in [0.05, 0.1) is 0 Å². The van der Waals surface area contributed by atoms with Crippen molar-refractivity contribution in [1.29, 1.82) is 0 Å². The number of halogens is 14. The molecule has 1 fully saturated rings. The van der Waals surface area contributed by atoms with Crippen LogP contribution in [0.2, 0.25) is 0 Å². The number of alkyl halides is 13. The van der Waals surface area contributed by atoms with Gasteiger partial charge < -0.3 is 4.74 Å². The highest BCUT2D eigenvalue weighted by molar-refractivity contribution is 9.36. The molecule has 0 saturated heterocycles. The van der Waals surface area contributed by atoms with E-state index in [0.717, 1.165) is 10.0 Å². The fraction of sp³-hybridized carbons (Fsp3) is 0.538. The first-order chi connectivity index (χ1) is 12.2. The monoisotopic (exact) mass is 1280 g/mol. The van der Waals surface area contributed by atoms with Gasteiger partial charge in [-0.1, -0.05) is 193 Å². The van der Waals surface area contributed by atoms with Crippen molar-refractivity contribution in [3.63, 3.8) is 0 Å². The molecule has 0 N–H and O–H groups in total. The first kappa shape index (κ1) is 30.1. The van der Waals surface area contributed by atoms with E-state index in [1.54, 1.807) is 0 Å². The molecule has 160 valence electrons. The highest BCUT2D eigenvalue weighted by Gasteiger charge is 2.86. The van der Waals surface area contributed by atoms with Crippen LogP contribution in [-0.2, 0) is 8.16 Å². The number of benzene rings is 1. The summed E-state index contributed by atoms with van der Waals surface area (Å²) in [6.07, 6.45) is 0. The van der Waals surface area contributed by atoms with Gasteiger partial charge in [0.2, 0.25) is 3.42 Å². The standard InChI is InChI=1S/C13H4Br14O/c14-6-4-2-1-3-5(6)7(15,16)28-13(27)11(23,24)9(19,20)8(17,18)10(21,22)12(13,25)26/h1-4H. The van der Waals surface area contributed by atoms with Crippen LogP contribution in [0.3, 0.4) is 0 Å². The van der Waals surface area contributed by atoms with Crippen LogP contribution in [0, 0.1) is 0 Å². The molecule has 0 bridgehead atoms. The molecule has 0 aromatic heterocycles. The lowest BCUT2D eigenvalue weighted by Crippen LogP contribution is -2.79. The summed E-state index contributed by atoms with van der Waals surface area (Å²) >= 11 is 52.8. The predicted molar refractivity (Wildman–Crippen MR) is 169 cm³/mol. The minimum atomic E-state index is -1.21. The van der Waals surface area contributed by atoms with Crippen molar-refractivity contribution in [2.75, 3.05) is 0 Å². The molecular weight excluding hydrogens is 1290 g/mol. The molecule has 1 aromatic rings. The third kappa shape index (κ3) is 4.43. The van der Waals surface area contributed by atoms with Gasteiger partial charge in [0.1, 0.15) is 16.2 Å². The fourth-order valence-electron chi connectivity index (χ4n) is 2.25. The number of hydrogen-bond acceptors (Lipinski definition) is 1. The Morgan fingerprint density at radius 2 is 0.964 bits per heavy atom. The molecule has 1 nitrogen and oxygen atoms in total. The van der Waals surface area contributed by atoms with Gasteiger partial charge in [0.15, 0.2) is 4.51 Å². The molecule has 1 aromatic carbocycles. The van der Waals surface area contributed by atoms with E-state index in [0.29, 0.717) is 0 Å². The Kier molecular flexibility index (Phi) is 10.4. The zero-order valence-electron chi connectivity index (χ0n) is 12.5. The molecule has 0 heterocycles. The molecule has 1 aliphatic rings. The normalized spacial score (nSPS) is 26.6. The third-order valence-electron chi connectivity index (χ3n) is 3.84. The lowest BCUT2D eigenvalue weighted by Gasteiger charge is -2.66. The van der Waals surface area contributed by atoms with Crippen molar-refractivity contribution in [3.8, 4) is 0 Å². The molecule has 0 atom stereocenters. The van der Waals surface area contributed by atoms with Crippen molar-refractivity contribution < 1.29 is 4.74 Å². The molecule has 0 unspecified atom stereocenters. The minimum absolute atomic E-state index is 0.824. The maximum Gasteiger partial charge on any atom is 0.206 e. The molecule has 2 rings (SSSR count). The Morgan fingerprint density at radius 3 is 1.36 bits per heavy atom. The summed E-state index contributed by atoms with van der Waals surface area (Å²) in [6.45, 7) is 0. The van der Waals surface area contributed by atoms with Crippen LogP contribution in [0.4, 0.5) is 0 Å². The van der Waals surface area contributed by atoms with E-state index in [9.17, 15) is 0 Å². The van der Waals surface area contributed by atoms with Crippen LogP contribution < -0.4 is 0 Å². The Morgan fingerprint density at radius 1 is 0.607 bits per heavy atom. The highest BCUT2D eigenvalue weighted by Crippen LogP contribution is 2.82. The summed E-state index contributed by atoms with van der Waals surface area (Å²) in [5.41, 5.74) is 0.833. The quantitative estimate of drug-likeness (QED) is 0.274. The van der Waals surface area contributed by atoms with Gasteiger partial charge in [0.25, 0.3) is 0 Å². The number of hydrogen-bond donors (Lipinski definition) is 0. The van der Waals surface area contributed by atoms with E-state index in [-0.39, 0.29) is 0 Å². The lowest BCUT2D eigenvalue weighted by molar-refractivity contribution is -0.0203. The highest BCUT2D eigenvalue weighted by atomic mass is 79.9. The molecule has 0 aliphatic heterocycles. The SMILES string of the molecule is Brc1ccccc1C(Br)(Br)OC1(Br)C(Br)(Br)C(Br)(Br)C(Br)(Br)C(Br)(Br)C1(Br)Br. The van der Waals surface area contributed by atoms with E-state index >= 15 is 0 Å². The van der Waals surface area contributed by atoms with Crippen molar-refractivity contribution in [2.24, 2.45) is 0 Å². The van der Waals surface area contributed by atoms with E-state index in [1.165, 1.54) is 0 Å². The van der Waals surface area contributed by atoms with Gasteiger partial charge >= 0.3 is 0 Å². The van der Waals surface area contributed by atoms with Crippen molar-refractivity contribution in [2.45, 2.75) is 24.1 Å². The van der Waals surface area contributed by atoms with Gasteiger partial charge in [-0.3, -0.25) is 0 Å². The second kappa shape index (κ2) is 9.65. The van der Waals surface area contributed by atoms with Crippen molar-refractivity contribution >= 4 is 223 Å². The van der Waals surface area contributed by atoms with Gasteiger partial charge in [-0.05, 0) is 53.9 Å². The summed E-state index contributed by atoms with van der Waals surface area (Å²) in [5, 5.41) is 0. The van der Waals surface area contributed by atoms with Crippen molar-refractivity contribution in [3.05, 3.63) is 34.3 Å². The first-order valence-electron chi connectivity index (χ1n) is 6.63. The smallest absolute Gasteiger partial charge is 0.206 e. The van der Waals surface area contributed by atoms with Crippen LogP contribution in [-0.4, -0.2) is 20.7 Å². The molecular formula is C13H4Br14O. The molecule has 15 heteroatoms. The summed E-state index contributed by atoms with van der Waals surface area (Å²) in [4.78, 5) is 0.